The van der Waals surface area contributed by atoms with Crippen molar-refractivity contribution in [3.63, 3.8) is 0 Å². The van der Waals surface area contributed by atoms with Gasteiger partial charge in [-0.2, -0.15) is 0 Å². The molecule has 12 atom stereocenters. The minimum atomic E-state index is -1.33. The number of ether oxygens (including phenoxy) is 10. The summed E-state index contributed by atoms with van der Waals surface area (Å²) in [5, 5.41) is 5.39. The Balaban J connectivity index is 1.41. The van der Waals surface area contributed by atoms with Crippen LogP contribution in [0, 0.1) is 0 Å². The quantitative estimate of drug-likeness (QED) is 0.115. The van der Waals surface area contributed by atoms with E-state index in [1.807, 2.05) is 0 Å². The highest BCUT2D eigenvalue weighted by Gasteiger charge is 2.58. The highest BCUT2D eigenvalue weighted by Crippen LogP contribution is 2.41. The first-order valence-corrected chi connectivity index (χ1v) is 18.5. The van der Waals surface area contributed by atoms with Crippen molar-refractivity contribution >= 4 is 29.8 Å². The van der Waals surface area contributed by atoms with Gasteiger partial charge in [-0.05, 0) is 69.2 Å². The van der Waals surface area contributed by atoms with Crippen LogP contribution in [-0.2, 0) is 76.2 Å². The number of esters is 1. The van der Waals surface area contributed by atoms with E-state index in [1.165, 1.54) is 28.1 Å². The largest absolute Gasteiger partial charge is 0.464 e. The number of alkyl carbamates (subject to hydrolysis) is 1. The topological polar surface area (TPSA) is 244 Å². The summed E-state index contributed by atoms with van der Waals surface area (Å²) >= 11 is 0. The lowest BCUT2D eigenvalue weighted by molar-refractivity contribution is -0.220. The van der Waals surface area contributed by atoms with Gasteiger partial charge in [0.25, 0.3) is 5.91 Å². The number of fused-ring (bicyclic) bond motifs is 2. The number of nitrogens with one attached hydrogen (secondary N) is 4. The molecule has 21 heteroatoms. The van der Waals surface area contributed by atoms with E-state index in [2.05, 4.69) is 21.6 Å². The maximum absolute atomic E-state index is 13.5. The minimum Gasteiger partial charge on any atom is -0.464 e. The molecule has 4 fully saturated rings. The Hall–Kier alpha value is -3.25. The first kappa shape index (κ1) is 45.5. The van der Waals surface area contributed by atoms with Crippen molar-refractivity contribution in [3.8, 4) is 0 Å². The lowest BCUT2D eigenvalue weighted by Gasteiger charge is -2.31. The zero-order valence-electron chi connectivity index (χ0n) is 34.0. The van der Waals surface area contributed by atoms with Crippen LogP contribution >= 0.6 is 0 Å². The Labute approximate surface area is 325 Å². The maximum Gasteiger partial charge on any atom is 0.407 e. The number of carbonyl (C=O) groups excluding carboxylic acids is 5. The van der Waals surface area contributed by atoms with E-state index < -0.39 is 133 Å². The molecule has 0 bridgehead atoms. The van der Waals surface area contributed by atoms with Gasteiger partial charge < -0.3 is 58.0 Å². The molecule has 4 N–H and O–H groups in total. The first-order valence-electron chi connectivity index (χ1n) is 18.5. The Morgan fingerprint density at radius 1 is 0.696 bits per heavy atom. The van der Waals surface area contributed by atoms with Gasteiger partial charge in [0.15, 0.2) is 36.4 Å². The van der Waals surface area contributed by atoms with Crippen LogP contribution in [0.2, 0.25) is 0 Å². The number of hydrogen-bond acceptors (Lipinski definition) is 17. The van der Waals surface area contributed by atoms with Gasteiger partial charge in [0.2, 0.25) is 11.8 Å². The Kier molecular flexibility index (Phi) is 15.1. The lowest BCUT2D eigenvalue weighted by atomic mass is 10.00. The zero-order chi connectivity index (χ0) is 41.7. The van der Waals surface area contributed by atoms with Crippen LogP contribution in [0.1, 0.15) is 82.1 Å². The third-order valence-corrected chi connectivity index (χ3v) is 8.92. The van der Waals surface area contributed by atoms with Gasteiger partial charge in [-0.25, -0.2) is 20.5 Å². The summed E-state index contributed by atoms with van der Waals surface area (Å²) in [5.74, 6) is -4.83. The molecular formula is C35H58N4O17. The number of rotatable bonds is 17. The number of hydroxylamine groups is 2. The van der Waals surface area contributed by atoms with E-state index >= 15 is 0 Å². The normalized spacial score (nSPS) is 30.9. The summed E-state index contributed by atoms with van der Waals surface area (Å²) in [7, 11) is 2.87. The maximum atomic E-state index is 13.5. The van der Waals surface area contributed by atoms with Crippen LogP contribution in [0.4, 0.5) is 4.79 Å². The fourth-order valence-electron chi connectivity index (χ4n) is 6.60. The Bertz CT molecular complexity index is 1410. The number of carbonyl (C=O) groups is 5. The Morgan fingerprint density at radius 3 is 1.57 bits per heavy atom. The van der Waals surface area contributed by atoms with Gasteiger partial charge in [0.05, 0.1) is 31.5 Å². The van der Waals surface area contributed by atoms with Gasteiger partial charge in [0.1, 0.15) is 42.2 Å². The predicted molar refractivity (Wildman–Crippen MR) is 187 cm³/mol. The highest BCUT2D eigenvalue weighted by atomic mass is 16.9. The summed E-state index contributed by atoms with van der Waals surface area (Å²) in [4.78, 5) is 75.3. The van der Waals surface area contributed by atoms with Crippen LogP contribution in [-0.4, -0.2) is 141 Å². The van der Waals surface area contributed by atoms with Crippen molar-refractivity contribution in [3.05, 3.63) is 0 Å². The van der Waals surface area contributed by atoms with E-state index in [0.717, 1.165) is 0 Å². The summed E-state index contributed by atoms with van der Waals surface area (Å²) in [6.07, 6.45) is -10.6. The smallest absolute Gasteiger partial charge is 0.407 e. The molecule has 4 aliphatic rings. The molecule has 0 saturated carbocycles. The molecule has 56 heavy (non-hydrogen) atoms. The summed E-state index contributed by atoms with van der Waals surface area (Å²) < 4.78 is 57.5. The molecule has 0 aromatic carbocycles. The molecule has 0 aromatic rings. The summed E-state index contributed by atoms with van der Waals surface area (Å²) in [6, 6.07) is -2.11. The van der Waals surface area contributed by atoms with E-state index in [4.69, 9.17) is 57.0 Å². The number of hydrogen-bond donors (Lipinski definition) is 4. The SMILES string of the molecule is CCOC(=O)[C@@H](C)ONC(=O)C[C@@H](NC(=O)[C@@H](C)ONC(=O)C[C@@H](NC(=O)OC(C)(C)C)[C@H]1O[C@@H]2OC(C)(C)O[C@@H]2[C@H]1OC)[C@H]1O[C@@H]2OC(C)(C)O[C@@H]2[C@H]1OC. The van der Waals surface area contributed by atoms with Gasteiger partial charge >= 0.3 is 12.1 Å². The van der Waals surface area contributed by atoms with Crippen molar-refractivity contribution in [1.82, 2.24) is 21.6 Å². The third-order valence-electron chi connectivity index (χ3n) is 8.92. The second-order valence-corrected chi connectivity index (χ2v) is 15.6. The van der Waals surface area contributed by atoms with E-state index in [0.29, 0.717) is 0 Å². The average molecular weight is 807 g/mol. The zero-order valence-corrected chi connectivity index (χ0v) is 34.0. The molecule has 0 spiro atoms. The molecule has 0 aromatic heterocycles. The van der Waals surface area contributed by atoms with Crippen LogP contribution in [0.15, 0.2) is 0 Å². The fourth-order valence-corrected chi connectivity index (χ4v) is 6.60. The van der Waals surface area contributed by atoms with E-state index in [9.17, 15) is 24.0 Å². The molecule has 4 heterocycles. The molecule has 0 aliphatic carbocycles. The summed E-state index contributed by atoms with van der Waals surface area (Å²) in [5.41, 5.74) is 3.59. The molecule has 4 rings (SSSR count). The number of methoxy groups -OCH3 is 2. The minimum absolute atomic E-state index is 0.118. The standard InChI is InChI=1S/C35H58N4O17/c1-13-47-29(43)17(3)56-39-20(40)14-18(22-24(45-11)26-30(48-22)52-34(7,8)50-26)36-28(42)16(2)55-38-21(41)15-19(37-32(44)54-33(4,5)6)23-25(46-12)27-31(49-23)53-35(9,10)51-27/h16-19,22-27,30-31H,13-15H2,1-12H3,(H,36,42)(H,37,44)(H,38,41)(H,39,40)/t16-,17-,18-,19-,22-,23-,24+,25+,26-,27-,30-,31-/m1/s1. The molecule has 4 aliphatic heterocycles. The van der Waals surface area contributed by atoms with Gasteiger partial charge in [-0.3, -0.25) is 24.1 Å². The van der Waals surface area contributed by atoms with Crippen molar-refractivity contribution in [2.24, 2.45) is 0 Å². The molecule has 21 nitrogen and oxygen atoms in total. The molecule has 0 unspecified atom stereocenters. The predicted octanol–water partition coefficient (Wildman–Crippen LogP) is 0.363. The second kappa shape index (κ2) is 18.6. The van der Waals surface area contributed by atoms with E-state index in [-0.39, 0.29) is 6.61 Å². The number of amides is 4. The monoisotopic (exact) mass is 806 g/mol. The lowest BCUT2D eigenvalue weighted by Crippen LogP contribution is -2.55. The molecule has 4 saturated heterocycles. The average Bonchev–Trinajstić information content (AvgIpc) is 3.78. The highest BCUT2D eigenvalue weighted by molar-refractivity contribution is 5.83. The van der Waals surface area contributed by atoms with Crippen LogP contribution in [0.25, 0.3) is 0 Å². The Morgan fingerprint density at radius 2 is 1.14 bits per heavy atom. The van der Waals surface area contributed by atoms with Gasteiger partial charge in [-0.15, -0.1) is 0 Å². The fraction of sp³-hybridized carbons (Fsp3) is 0.857. The summed E-state index contributed by atoms with van der Waals surface area (Å²) in [6.45, 7) is 16.4. The first-order chi connectivity index (χ1) is 26.1. The third kappa shape index (κ3) is 11.9. The van der Waals surface area contributed by atoms with Crippen molar-refractivity contribution in [2.45, 2.75) is 173 Å². The van der Waals surface area contributed by atoms with E-state index in [1.54, 1.807) is 55.4 Å². The molecular weight excluding hydrogens is 748 g/mol. The molecule has 4 amide bonds. The van der Waals surface area contributed by atoms with Crippen LogP contribution < -0.4 is 21.6 Å². The van der Waals surface area contributed by atoms with Gasteiger partial charge in [-0.1, -0.05) is 0 Å². The van der Waals surface area contributed by atoms with Crippen LogP contribution in [0.5, 0.6) is 0 Å². The molecule has 0 radical (unpaired) electrons. The van der Waals surface area contributed by atoms with Crippen molar-refractivity contribution in [1.29, 1.82) is 0 Å². The van der Waals surface area contributed by atoms with Gasteiger partial charge in [0, 0.05) is 14.2 Å². The van der Waals surface area contributed by atoms with Crippen molar-refractivity contribution < 1.29 is 81.0 Å². The molecule has 320 valence electrons. The second-order valence-electron chi connectivity index (χ2n) is 15.6. The van der Waals surface area contributed by atoms with Crippen molar-refractivity contribution in [2.75, 3.05) is 20.8 Å². The van der Waals surface area contributed by atoms with Crippen LogP contribution in [0.3, 0.4) is 0 Å².